The van der Waals surface area contributed by atoms with Crippen molar-refractivity contribution in [3.63, 3.8) is 0 Å². The van der Waals surface area contributed by atoms with Crippen LogP contribution in [0.25, 0.3) is 11.2 Å². The Labute approximate surface area is 296 Å². The van der Waals surface area contributed by atoms with Crippen molar-refractivity contribution in [2.45, 2.75) is 69.5 Å². The molecule has 0 spiro atoms. The van der Waals surface area contributed by atoms with E-state index in [2.05, 4.69) is 63.6 Å². The van der Waals surface area contributed by atoms with Gasteiger partial charge >= 0.3 is 0 Å². The first-order chi connectivity index (χ1) is 24.8. The molecule has 0 saturated heterocycles. The summed E-state index contributed by atoms with van der Waals surface area (Å²) < 4.78 is 3.86. The molecule has 3 heterocycles. The van der Waals surface area contributed by atoms with E-state index < -0.39 is 24.3 Å². The lowest BCUT2D eigenvalue weighted by Crippen LogP contribution is -2.43. The van der Waals surface area contributed by atoms with E-state index in [1.807, 2.05) is 79.3 Å². The van der Waals surface area contributed by atoms with E-state index in [9.17, 15) is 15.0 Å². The van der Waals surface area contributed by atoms with Crippen molar-refractivity contribution in [2.75, 3.05) is 17.2 Å². The van der Waals surface area contributed by atoms with Crippen molar-refractivity contribution in [1.29, 1.82) is 0 Å². The predicted molar refractivity (Wildman–Crippen MR) is 196 cm³/mol. The maximum atomic E-state index is 12.9. The molecule has 0 bridgehead atoms. The average Bonchev–Trinajstić information content (AvgIpc) is 3.87. The zero-order valence-electron chi connectivity index (χ0n) is 28.7. The number of amides is 1. The molecule has 0 radical (unpaired) electrons. The molecule has 3 aromatic carbocycles. The lowest BCUT2D eigenvalue weighted by atomic mass is 9.99. The highest BCUT2D eigenvalue weighted by Crippen LogP contribution is 2.36. The summed E-state index contributed by atoms with van der Waals surface area (Å²) in [5, 5.41) is 32.4. The van der Waals surface area contributed by atoms with Gasteiger partial charge in [-0.1, -0.05) is 91.0 Å². The van der Waals surface area contributed by atoms with Crippen LogP contribution >= 0.6 is 0 Å². The third kappa shape index (κ3) is 7.62. The maximum absolute atomic E-state index is 12.9. The van der Waals surface area contributed by atoms with Gasteiger partial charge in [0.2, 0.25) is 11.9 Å². The highest BCUT2D eigenvalue weighted by atomic mass is 16.3. The number of anilines is 2. The van der Waals surface area contributed by atoms with E-state index >= 15 is 0 Å². The van der Waals surface area contributed by atoms with Gasteiger partial charge in [-0.3, -0.25) is 4.79 Å². The van der Waals surface area contributed by atoms with Gasteiger partial charge in [0, 0.05) is 25.2 Å². The number of hydrogen-bond donors (Lipinski definition) is 5. The van der Waals surface area contributed by atoms with Gasteiger partial charge in [0.15, 0.2) is 17.0 Å². The average molecular weight is 686 g/mol. The molecule has 6 aromatic rings. The fraction of sp³-hybridized carbons (Fsp3) is 0.308. The minimum absolute atomic E-state index is 0.178. The molecule has 4 atom stereocenters. The number of benzene rings is 3. The van der Waals surface area contributed by atoms with Gasteiger partial charge in [0.1, 0.15) is 12.2 Å². The molecule has 0 unspecified atom stereocenters. The van der Waals surface area contributed by atoms with Gasteiger partial charge < -0.3 is 35.3 Å². The fourth-order valence-corrected chi connectivity index (χ4v) is 6.69. The maximum Gasteiger partial charge on any atom is 0.226 e. The molecule has 7 rings (SSSR count). The largest absolute Gasteiger partial charge is 0.388 e. The van der Waals surface area contributed by atoms with Gasteiger partial charge in [-0.2, -0.15) is 9.97 Å². The zero-order chi connectivity index (χ0) is 35.3. The van der Waals surface area contributed by atoms with Crippen molar-refractivity contribution in [2.24, 2.45) is 0 Å². The smallest absolute Gasteiger partial charge is 0.226 e. The Morgan fingerprint density at radius 3 is 2.18 bits per heavy atom. The molecule has 3 aromatic heterocycles. The van der Waals surface area contributed by atoms with Crippen LogP contribution in [0.3, 0.4) is 0 Å². The van der Waals surface area contributed by atoms with E-state index in [0.29, 0.717) is 48.4 Å². The quantitative estimate of drug-likeness (QED) is 0.115. The van der Waals surface area contributed by atoms with Crippen LogP contribution in [0, 0.1) is 0 Å². The number of aromatic nitrogens is 6. The summed E-state index contributed by atoms with van der Waals surface area (Å²) in [6.45, 7) is 4.77. The minimum atomic E-state index is -1.17. The lowest BCUT2D eigenvalue weighted by molar-refractivity contribution is -0.122. The van der Waals surface area contributed by atoms with Gasteiger partial charge in [-0.15, -0.1) is 0 Å². The first-order valence-electron chi connectivity index (χ1n) is 17.4. The van der Waals surface area contributed by atoms with Gasteiger partial charge in [-0.25, -0.2) is 9.97 Å². The molecule has 12 heteroatoms. The number of carbonyl (C=O) groups is 1. The lowest BCUT2D eigenvalue weighted by Gasteiger charge is -2.22. The van der Waals surface area contributed by atoms with Crippen LogP contribution in [-0.4, -0.2) is 70.0 Å². The van der Waals surface area contributed by atoms with Crippen molar-refractivity contribution < 1.29 is 15.0 Å². The Balaban J connectivity index is 1.19. The molecule has 5 N–H and O–H groups in total. The molecular weight excluding hydrogens is 642 g/mol. The summed E-state index contributed by atoms with van der Waals surface area (Å²) in [5.41, 5.74) is 4.94. The molecule has 1 fully saturated rings. The predicted octanol–water partition coefficient (Wildman–Crippen LogP) is 4.85. The molecule has 1 amide bonds. The zero-order valence-corrected chi connectivity index (χ0v) is 28.7. The monoisotopic (exact) mass is 685 g/mol. The van der Waals surface area contributed by atoms with Crippen LogP contribution < -0.4 is 16.0 Å². The normalized spacial score (nSPS) is 18.8. The Hall–Kier alpha value is -5.59. The van der Waals surface area contributed by atoms with Crippen molar-refractivity contribution in [3.05, 3.63) is 132 Å². The molecular formula is C39H43N9O3. The summed E-state index contributed by atoms with van der Waals surface area (Å²) in [4.78, 5) is 32.0. The van der Waals surface area contributed by atoms with Crippen molar-refractivity contribution in [3.8, 4) is 0 Å². The van der Waals surface area contributed by atoms with E-state index in [0.717, 1.165) is 22.4 Å². The molecule has 1 aliphatic carbocycles. The molecule has 12 nitrogen and oxygen atoms in total. The number of carbonyl (C=O) groups excluding carboxylic acids is 1. The van der Waals surface area contributed by atoms with E-state index in [1.165, 1.54) is 0 Å². The summed E-state index contributed by atoms with van der Waals surface area (Å²) in [6.07, 6.45) is 4.32. The first-order valence-corrected chi connectivity index (χ1v) is 17.4. The number of nitrogens with zero attached hydrogens (tertiary/aromatic N) is 6. The Morgan fingerprint density at radius 1 is 0.863 bits per heavy atom. The number of nitrogens with one attached hydrogen (secondary N) is 3. The van der Waals surface area contributed by atoms with Gasteiger partial charge in [0.05, 0.1) is 42.9 Å². The number of aliphatic hydroxyl groups is 2. The summed E-state index contributed by atoms with van der Waals surface area (Å²) in [6, 6.07) is 28.5. The topological polar surface area (TPSA) is 155 Å². The standard InChI is InChI=1S/C39H43N9O3/c1-25(2)47-22-29(41-23-47)18-19-40-39-45-37(44-33(27-14-8-4-9-15-27)28-16-10-5-11-17-28)34-38(46-39)48(24-42-34)31-21-30(35(50)36(31)51)43-32(49)20-26-12-6-3-7-13-26/h3-17,22-25,30-31,33,35-36,50-51H,18-21H2,1-2H3,(H,43,49)(H2,40,44,45,46)/t30-,31+,35+,36-/m0/s1. The number of fused-ring (bicyclic) bond motifs is 1. The number of rotatable bonds is 13. The van der Waals surface area contributed by atoms with Crippen LogP contribution in [0.1, 0.15) is 60.8 Å². The van der Waals surface area contributed by atoms with Crippen LogP contribution in [0.4, 0.5) is 11.8 Å². The van der Waals surface area contributed by atoms with Crippen LogP contribution in [0.5, 0.6) is 0 Å². The summed E-state index contributed by atoms with van der Waals surface area (Å²) in [7, 11) is 0. The van der Waals surface area contributed by atoms with Crippen LogP contribution in [0.15, 0.2) is 110 Å². The summed E-state index contributed by atoms with van der Waals surface area (Å²) >= 11 is 0. The van der Waals surface area contributed by atoms with Gasteiger partial charge in [-0.05, 0) is 37.0 Å². The van der Waals surface area contributed by atoms with Crippen molar-refractivity contribution in [1.82, 2.24) is 34.4 Å². The Kier molecular flexibility index (Phi) is 10.0. The second-order valence-electron chi connectivity index (χ2n) is 13.3. The Bertz CT molecular complexity index is 2010. The molecule has 1 aliphatic rings. The van der Waals surface area contributed by atoms with Crippen LogP contribution in [-0.2, 0) is 17.6 Å². The third-order valence-corrected chi connectivity index (χ3v) is 9.45. The molecule has 51 heavy (non-hydrogen) atoms. The molecule has 262 valence electrons. The molecule has 0 aliphatic heterocycles. The highest BCUT2D eigenvalue weighted by molar-refractivity contribution is 5.85. The SMILES string of the molecule is CC(C)n1cnc(CCNc2nc(NC(c3ccccc3)c3ccccc3)c3ncn([C@@H]4C[C@H](NC(=O)Cc5ccccc5)[C@@H](O)[C@H]4O)c3n2)c1. The number of aliphatic hydroxyl groups excluding tert-OH is 2. The number of hydrogen-bond acceptors (Lipinski definition) is 9. The summed E-state index contributed by atoms with van der Waals surface area (Å²) in [5.74, 6) is 0.680. The first kappa shape index (κ1) is 33.9. The number of imidazole rings is 2. The van der Waals surface area contributed by atoms with Crippen LogP contribution in [0.2, 0.25) is 0 Å². The molecule has 1 saturated carbocycles. The van der Waals surface area contributed by atoms with E-state index in [1.54, 1.807) is 10.9 Å². The minimum Gasteiger partial charge on any atom is -0.388 e. The second-order valence-corrected chi connectivity index (χ2v) is 13.3. The Morgan fingerprint density at radius 2 is 1.53 bits per heavy atom. The van der Waals surface area contributed by atoms with E-state index in [4.69, 9.17) is 15.0 Å². The van der Waals surface area contributed by atoms with Crippen molar-refractivity contribution >= 4 is 28.8 Å². The second kappa shape index (κ2) is 15.1. The van der Waals surface area contributed by atoms with E-state index in [-0.39, 0.29) is 18.4 Å². The van der Waals surface area contributed by atoms with Gasteiger partial charge in [0.25, 0.3) is 0 Å². The third-order valence-electron chi connectivity index (χ3n) is 9.45. The fourth-order valence-electron chi connectivity index (χ4n) is 6.69. The highest BCUT2D eigenvalue weighted by Gasteiger charge is 2.44.